The summed E-state index contributed by atoms with van der Waals surface area (Å²) in [4.78, 5) is 42.2. The number of ether oxygens (including phenoxy) is 1. The van der Waals surface area contributed by atoms with E-state index < -0.39 is 23.8 Å². The Kier molecular flexibility index (Phi) is 14.8. The van der Waals surface area contributed by atoms with Crippen LogP contribution in [0.3, 0.4) is 0 Å². The maximum absolute atomic E-state index is 14.2. The number of rotatable bonds is 16. The highest BCUT2D eigenvalue weighted by atomic mass is 16.6. The van der Waals surface area contributed by atoms with Gasteiger partial charge < -0.3 is 20.3 Å². The third-order valence-corrected chi connectivity index (χ3v) is 6.08. The minimum atomic E-state index is -0.823. The van der Waals surface area contributed by atoms with E-state index in [0.29, 0.717) is 19.5 Å². The van der Waals surface area contributed by atoms with Gasteiger partial charge in [0.15, 0.2) is 0 Å². The van der Waals surface area contributed by atoms with Crippen molar-refractivity contribution in [1.82, 2.24) is 15.5 Å². The van der Waals surface area contributed by atoms with Crippen molar-refractivity contribution < 1.29 is 19.1 Å². The Labute approximate surface area is 230 Å². The van der Waals surface area contributed by atoms with Gasteiger partial charge in [0.05, 0.1) is 0 Å². The second kappa shape index (κ2) is 16.9. The fourth-order valence-corrected chi connectivity index (χ4v) is 4.25. The van der Waals surface area contributed by atoms with Gasteiger partial charge in [-0.2, -0.15) is 0 Å². The van der Waals surface area contributed by atoms with Gasteiger partial charge in [-0.3, -0.25) is 9.59 Å². The van der Waals surface area contributed by atoms with Gasteiger partial charge in [0.2, 0.25) is 11.8 Å². The number of benzene rings is 1. The van der Waals surface area contributed by atoms with Crippen molar-refractivity contribution in [3.8, 4) is 0 Å². The van der Waals surface area contributed by atoms with Crippen molar-refractivity contribution in [2.24, 2.45) is 5.92 Å². The van der Waals surface area contributed by atoms with Crippen LogP contribution in [0, 0.1) is 5.92 Å². The first-order valence-electron chi connectivity index (χ1n) is 14.2. The number of nitrogens with one attached hydrogen (secondary N) is 2. The Balaban J connectivity index is 3.47. The SMILES string of the molecule is C=Cc1cccc(C(C(=O)NCCCCC)N(CCCCC)C(=O)C(CC(C)C)NC(=O)OC(C)(C)C)c1. The van der Waals surface area contributed by atoms with Crippen molar-refractivity contribution in [2.75, 3.05) is 13.1 Å². The van der Waals surface area contributed by atoms with E-state index in [2.05, 4.69) is 31.1 Å². The number of alkyl carbamates (subject to hydrolysis) is 1. The first kappa shape index (κ1) is 33.2. The summed E-state index contributed by atoms with van der Waals surface area (Å²) >= 11 is 0. The molecule has 0 aliphatic rings. The van der Waals surface area contributed by atoms with Gasteiger partial charge >= 0.3 is 6.09 Å². The summed E-state index contributed by atoms with van der Waals surface area (Å²) in [6.07, 6.45) is 7.13. The molecule has 0 heterocycles. The first-order valence-corrected chi connectivity index (χ1v) is 14.2. The number of carbonyl (C=O) groups is 3. The number of hydrogen-bond donors (Lipinski definition) is 2. The molecule has 3 amide bonds. The van der Waals surface area contributed by atoms with E-state index in [4.69, 9.17) is 4.74 Å². The van der Waals surface area contributed by atoms with E-state index in [9.17, 15) is 14.4 Å². The molecule has 2 N–H and O–H groups in total. The normalized spacial score (nSPS) is 12.9. The zero-order chi connectivity index (χ0) is 28.7. The molecular weight excluding hydrogens is 478 g/mol. The molecule has 0 bridgehead atoms. The molecule has 0 saturated carbocycles. The molecule has 38 heavy (non-hydrogen) atoms. The van der Waals surface area contributed by atoms with Crippen molar-refractivity contribution >= 4 is 24.0 Å². The number of amides is 3. The fraction of sp³-hybridized carbons (Fsp3) is 0.645. The van der Waals surface area contributed by atoms with Crippen LogP contribution in [0.4, 0.5) is 4.79 Å². The third-order valence-electron chi connectivity index (χ3n) is 6.08. The molecule has 0 radical (unpaired) electrons. The van der Waals surface area contributed by atoms with E-state index in [-0.39, 0.29) is 17.7 Å². The topological polar surface area (TPSA) is 87.7 Å². The predicted octanol–water partition coefficient (Wildman–Crippen LogP) is 6.64. The van der Waals surface area contributed by atoms with E-state index in [1.807, 2.05) is 38.1 Å². The van der Waals surface area contributed by atoms with Gasteiger partial charge in [0.25, 0.3) is 0 Å². The largest absolute Gasteiger partial charge is 0.444 e. The molecule has 0 aliphatic carbocycles. The van der Waals surface area contributed by atoms with Crippen LogP contribution in [0.5, 0.6) is 0 Å². The lowest BCUT2D eigenvalue weighted by molar-refractivity contribution is -0.143. The van der Waals surface area contributed by atoms with Crippen LogP contribution >= 0.6 is 0 Å². The summed E-state index contributed by atoms with van der Waals surface area (Å²) in [5, 5.41) is 5.86. The van der Waals surface area contributed by atoms with Crippen LogP contribution < -0.4 is 10.6 Å². The lowest BCUT2D eigenvalue weighted by atomic mass is 9.97. The molecule has 1 aromatic rings. The summed E-state index contributed by atoms with van der Waals surface area (Å²) in [6, 6.07) is 5.94. The van der Waals surface area contributed by atoms with Crippen molar-refractivity contribution in [3.05, 3.63) is 42.0 Å². The van der Waals surface area contributed by atoms with Crippen LogP contribution in [0.15, 0.2) is 30.8 Å². The smallest absolute Gasteiger partial charge is 0.408 e. The highest BCUT2D eigenvalue weighted by molar-refractivity contribution is 5.92. The van der Waals surface area contributed by atoms with Crippen LogP contribution in [-0.2, 0) is 14.3 Å². The number of carbonyl (C=O) groups excluding carboxylic acids is 3. The molecule has 2 atom stereocenters. The lowest BCUT2D eigenvalue weighted by Gasteiger charge is -2.35. The third kappa shape index (κ3) is 12.1. The average Bonchev–Trinajstić information content (AvgIpc) is 2.84. The molecule has 1 rings (SSSR count). The monoisotopic (exact) mass is 529 g/mol. The Hall–Kier alpha value is -2.83. The number of nitrogens with zero attached hydrogens (tertiary/aromatic N) is 1. The number of unbranched alkanes of at least 4 members (excludes halogenated alkanes) is 4. The standard InChI is InChI=1S/C31H51N3O4/c1-9-12-14-19-32-28(35)27(25-18-16-17-24(11-3)22-25)34(20-15-13-10-2)29(36)26(21-23(4)5)33-30(37)38-31(6,7)8/h11,16-18,22-23,26-27H,3,9-10,12-15,19-21H2,1-2,4-8H3,(H,32,35)(H,33,37). The van der Waals surface area contributed by atoms with E-state index in [0.717, 1.165) is 49.7 Å². The van der Waals surface area contributed by atoms with E-state index in [1.165, 1.54) is 0 Å². The second-order valence-electron chi connectivity index (χ2n) is 11.3. The van der Waals surface area contributed by atoms with Crippen molar-refractivity contribution in [3.63, 3.8) is 0 Å². The van der Waals surface area contributed by atoms with Crippen LogP contribution in [-0.4, -0.2) is 47.5 Å². The summed E-state index contributed by atoms with van der Waals surface area (Å²) in [7, 11) is 0. The Morgan fingerprint density at radius 2 is 1.71 bits per heavy atom. The van der Waals surface area contributed by atoms with Gasteiger partial charge in [-0.05, 0) is 63.1 Å². The molecule has 0 fully saturated rings. The minimum absolute atomic E-state index is 0.141. The fourth-order valence-electron chi connectivity index (χ4n) is 4.25. The predicted molar refractivity (Wildman–Crippen MR) is 156 cm³/mol. The van der Waals surface area contributed by atoms with Crippen LogP contribution in [0.25, 0.3) is 6.08 Å². The molecule has 1 aromatic carbocycles. The number of hydrogen-bond acceptors (Lipinski definition) is 4. The minimum Gasteiger partial charge on any atom is -0.444 e. The maximum atomic E-state index is 14.2. The van der Waals surface area contributed by atoms with Crippen molar-refractivity contribution in [1.29, 1.82) is 0 Å². The van der Waals surface area contributed by atoms with Gasteiger partial charge in [-0.25, -0.2) is 4.79 Å². The van der Waals surface area contributed by atoms with E-state index >= 15 is 0 Å². The summed E-state index contributed by atoms with van der Waals surface area (Å²) in [6.45, 7) is 18.4. The quantitative estimate of drug-likeness (QED) is 0.235. The maximum Gasteiger partial charge on any atom is 0.408 e. The van der Waals surface area contributed by atoms with Gasteiger partial charge in [-0.1, -0.05) is 84.2 Å². The highest BCUT2D eigenvalue weighted by Crippen LogP contribution is 2.26. The molecule has 0 spiro atoms. The Morgan fingerprint density at radius 1 is 1.05 bits per heavy atom. The van der Waals surface area contributed by atoms with Gasteiger partial charge in [0, 0.05) is 13.1 Å². The lowest BCUT2D eigenvalue weighted by Crippen LogP contribution is -2.53. The van der Waals surface area contributed by atoms with E-state index in [1.54, 1.807) is 31.7 Å². The second-order valence-corrected chi connectivity index (χ2v) is 11.3. The Morgan fingerprint density at radius 3 is 2.29 bits per heavy atom. The summed E-state index contributed by atoms with van der Waals surface area (Å²) in [5.74, 6) is -0.354. The van der Waals surface area contributed by atoms with Gasteiger partial charge in [-0.15, -0.1) is 0 Å². The zero-order valence-corrected chi connectivity index (χ0v) is 24.8. The molecule has 0 saturated heterocycles. The summed E-state index contributed by atoms with van der Waals surface area (Å²) in [5.41, 5.74) is 0.904. The molecule has 2 unspecified atom stereocenters. The van der Waals surface area contributed by atoms with Crippen LogP contribution in [0.2, 0.25) is 0 Å². The highest BCUT2D eigenvalue weighted by Gasteiger charge is 2.36. The first-order chi connectivity index (χ1) is 17.9. The molecule has 0 aliphatic heterocycles. The van der Waals surface area contributed by atoms with Crippen LogP contribution in [0.1, 0.15) is 111 Å². The molecule has 214 valence electrons. The summed E-state index contributed by atoms with van der Waals surface area (Å²) < 4.78 is 5.47. The zero-order valence-electron chi connectivity index (χ0n) is 24.8. The average molecular weight is 530 g/mol. The molecule has 0 aromatic heterocycles. The Bertz CT molecular complexity index is 891. The molecular formula is C31H51N3O4. The van der Waals surface area contributed by atoms with Gasteiger partial charge in [0.1, 0.15) is 17.7 Å². The molecule has 7 heteroatoms. The van der Waals surface area contributed by atoms with Crippen molar-refractivity contribution in [2.45, 2.75) is 111 Å². The molecule has 7 nitrogen and oxygen atoms in total.